The maximum Gasteiger partial charge on any atom is 0.130 e. The molecule has 0 saturated heterocycles. The number of allylic oxidation sites excluding steroid dienone is 1. The number of rotatable bonds is 3. The second-order valence-electron chi connectivity index (χ2n) is 3.68. The van der Waals surface area contributed by atoms with E-state index in [-0.39, 0.29) is 5.57 Å². The fraction of sp³-hybridized carbons (Fsp3) is 0.286. The van der Waals surface area contributed by atoms with Gasteiger partial charge in [0.25, 0.3) is 0 Å². The highest BCUT2D eigenvalue weighted by Gasteiger charge is 2.07. The summed E-state index contributed by atoms with van der Waals surface area (Å²) >= 11 is 0. The Hall–Kier alpha value is -2.26. The molecule has 1 aromatic rings. The average Bonchev–Trinajstić information content (AvgIpc) is 2.37. The lowest BCUT2D eigenvalue weighted by Crippen LogP contribution is -1.91. The first-order chi connectivity index (χ1) is 8.15. The Kier molecular flexibility index (Phi) is 4.31. The molecule has 0 amide bonds. The summed E-state index contributed by atoms with van der Waals surface area (Å²) in [6, 6.07) is 7.27. The molecule has 3 heteroatoms. The van der Waals surface area contributed by atoms with Crippen LogP contribution in [-0.2, 0) is 12.8 Å². The van der Waals surface area contributed by atoms with E-state index >= 15 is 0 Å². The van der Waals surface area contributed by atoms with E-state index in [9.17, 15) is 5.11 Å². The van der Waals surface area contributed by atoms with Crippen LogP contribution in [0.3, 0.4) is 0 Å². The van der Waals surface area contributed by atoms with Crippen molar-refractivity contribution in [1.82, 2.24) is 0 Å². The Morgan fingerprint density at radius 1 is 1.18 bits per heavy atom. The third kappa shape index (κ3) is 2.86. The molecule has 0 radical (unpaired) electrons. The Labute approximate surface area is 101 Å². The Morgan fingerprint density at radius 2 is 1.65 bits per heavy atom. The van der Waals surface area contributed by atoms with Crippen LogP contribution in [0.2, 0.25) is 0 Å². The minimum Gasteiger partial charge on any atom is -0.507 e. The molecule has 0 saturated carbocycles. The van der Waals surface area contributed by atoms with Crippen LogP contribution in [-0.4, -0.2) is 5.11 Å². The molecule has 17 heavy (non-hydrogen) atoms. The first-order valence-electron chi connectivity index (χ1n) is 5.52. The zero-order valence-electron chi connectivity index (χ0n) is 9.99. The van der Waals surface area contributed by atoms with E-state index in [1.807, 2.05) is 38.1 Å². The van der Waals surface area contributed by atoms with Gasteiger partial charge in [0.2, 0.25) is 0 Å². The van der Waals surface area contributed by atoms with Gasteiger partial charge < -0.3 is 5.11 Å². The highest BCUT2D eigenvalue weighted by molar-refractivity contribution is 5.64. The lowest BCUT2D eigenvalue weighted by Gasteiger charge is -2.08. The molecule has 0 heterocycles. The molecule has 0 aliphatic rings. The Bertz CT molecular complexity index is 489. The van der Waals surface area contributed by atoms with Gasteiger partial charge in [-0.1, -0.05) is 13.8 Å². The predicted octanol–water partition coefficient (Wildman–Crippen LogP) is 2.95. The monoisotopic (exact) mass is 226 g/mol. The van der Waals surface area contributed by atoms with Crippen molar-refractivity contribution in [3.05, 3.63) is 34.4 Å². The van der Waals surface area contributed by atoms with E-state index < -0.39 is 0 Å². The summed E-state index contributed by atoms with van der Waals surface area (Å²) in [6.07, 6.45) is 2.97. The van der Waals surface area contributed by atoms with Gasteiger partial charge >= 0.3 is 0 Å². The van der Waals surface area contributed by atoms with Crippen LogP contribution in [0.25, 0.3) is 6.08 Å². The van der Waals surface area contributed by atoms with Crippen molar-refractivity contribution in [2.75, 3.05) is 0 Å². The molecule has 0 bridgehead atoms. The molecule has 86 valence electrons. The van der Waals surface area contributed by atoms with Gasteiger partial charge in [-0.2, -0.15) is 10.5 Å². The first kappa shape index (κ1) is 12.8. The molecule has 1 rings (SSSR count). The van der Waals surface area contributed by atoms with Crippen LogP contribution in [0, 0.1) is 22.7 Å². The zero-order chi connectivity index (χ0) is 12.8. The molecule has 0 fully saturated rings. The van der Waals surface area contributed by atoms with Crippen molar-refractivity contribution in [3.63, 3.8) is 0 Å². The average molecular weight is 226 g/mol. The fourth-order valence-corrected chi connectivity index (χ4v) is 1.67. The number of aryl methyl sites for hydroxylation is 2. The molecule has 1 aromatic carbocycles. The highest BCUT2D eigenvalue weighted by atomic mass is 16.3. The molecule has 0 aliphatic heterocycles. The summed E-state index contributed by atoms with van der Waals surface area (Å²) in [5.41, 5.74) is 2.53. The third-order valence-corrected chi connectivity index (χ3v) is 2.60. The summed E-state index contributed by atoms with van der Waals surface area (Å²) in [6.45, 7) is 3.91. The lowest BCUT2D eigenvalue weighted by atomic mass is 9.99. The maximum atomic E-state index is 9.91. The number of nitrogens with zero attached hydrogens (tertiary/aromatic N) is 2. The molecule has 0 aliphatic carbocycles. The van der Waals surface area contributed by atoms with Crippen molar-refractivity contribution >= 4 is 6.08 Å². The van der Waals surface area contributed by atoms with Crippen LogP contribution in [0.15, 0.2) is 17.7 Å². The normalized spacial score (nSPS) is 9.18. The molecule has 0 unspecified atom stereocenters. The predicted molar refractivity (Wildman–Crippen MR) is 66.1 cm³/mol. The van der Waals surface area contributed by atoms with Crippen LogP contribution >= 0.6 is 0 Å². The topological polar surface area (TPSA) is 67.8 Å². The minimum absolute atomic E-state index is 0.0693. The van der Waals surface area contributed by atoms with Crippen molar-refractivity contribution < 1.29 is 5.11 Å². The number of hydrogen-bond donors (Lipinski definition) is 1. The van der Waals surface area contributed by atoms with E-state index in [0.29, 0.717) is 5.75 Å². The Morgan fingerprint density at radius 3 is 2.00 bits per heavy atom. The van der Waals surface area contributed by atoms with Gasteiger partial charge in [0.1, 0.15) is 23.5 Å². The van der Waals surface area contributed by atoms with Crippen molar-refractivity contribution in [2.24, 2.45) is 0 Å². The van der Waals surface area contributed by atoms with Gasteiger partial charge in [-0.05, 0) is 47.7 Å². The quantitative estimate of drug-likeness (QED) is 0.805. The molecule has 0 atom stereocenters. The summed E-state index contributed by atoms with van der Waals surface area (Å²) in [4.78, 5) is 0. The van der Waals surface area contributed by atoms with E-state index in [1.54, 1.807) is 0 Å². The minimum atomic E-state index is 0.0693. The van der Waals surface area contributed by atoms with Gasteiger partial charge in [0.05, 0.1) is 0 Å². The van der Waals surface area contributed by atoms with E-state index in [4.69, 9.17) is 10.5 Å². The van der Waals surface area contributed by atoms with Crippen LogP contribution in [0.5, 0.6) is 5.75 Å². The SMILES string of the molecule is CCc1cc(C=C(C#N)C#N)cc(CC)c1O. The molecule has 3 nitrogen and oxygen atoms in total. The van der Waals surface area contributed by atoms with Gasteiger partial charge in [0, 0.05) is 0 Å². The largest absolute Gasteiger partial charge is 0.507 e. The smallest absolute Gasteiger partial charge is 0.130 e. The maximum absolute atomic E-state index is 9.91. The zero-order valence-corrected chi connectivity index (χ0v) is 9.99. The molecular formula is C14H14N2O. The number of phenols is 1. The molecular weight excluding hydrogens is 212 g/mol. The van der Waals surface area contributed by atoms with Crippen LogP contribution < -0.4 is 0 Å². The van der Waals surface area contributed by atoms with E-state index in [1.165, 1.54) is 6.08 Å². The molecule has 1 N–H and O–H groups in total. The number of phenolic OH excluding ortho intramolecular Hbond substituents is 1. The molecule has 0 spiro atoms. The number of aromatic hydroxyl groups is 1. The van der Waals surface area contributed by atoms with Crippen LogP contribution in [0.4, 0.5) is 0 Å². The second-order valence-corrected chi connectivity index (χ2v) is 3.68. The second kappa shape index (κ2) is 5.72. The Balaban J connectivity index is 3.34. The number of hydrogen-bond acceptors (Lipinski definition) is 3. The van der Waals surface area contributed by atoms with E-state index in [0.717, 1.165) is 29.5 Å². The lowest BCUT2D eigenvalue weighted by molar-refractivity contribution is 0.462. The number of benzene rings is 1. The van der Waals surface area contributed by atoms with Gasteiger partial charge in [0.15, 0.2) is 0 Å². The number of nitriles is 2. The van der Waals surface area contributed by atoms with Crippen molar-refractivity contribution in [2.45, 2.75) is 26.7 Å². The summed E-state index contributed by atoms with van der Waals surface area (Å²) < 4.78 is 0. The summed E-state index contributed by atoms with van der Waals surface area (Å²) in [5.74, 6) is 0.322. The first-order valence-corrected chi connectivity index (χ1v) is 5.52. The standard InChI is InChI=1S/C14H14N2O/c1-3-12-6-10(5-11(8-15)9-16)7-13(4-2)14(12)17/h5-7,17H,3-4H2,1-2H3. The highest BCUT2D eigenvalue weighted by Crippen LogP contribution is 2.26. The molecule has 0 aromatic heterocycles. The van der Waals surface area contributed by atoms with Gasteiger partial charge in [-0.25, -0.2) is 0 Å². The van der Waals surface area contributed by atoms with Gasteiger partial charge in [-0.3, -0.25) is 0 Å². The van der Waals surface area contributed by atoms with Crippen molar-refractivity contribution in [3.8, 4) is 17.9 Å². The fourth-order valence-electron chi connectivity index (χ4n) is 1.67. The third-order valence-electron chi connectivity index (χ3n) is 2.60. The van der Waals surface area contributed by atoms with Crippen molar-refractivity contribution in [1.29, 1.82) is 10.5 Å². The summed E-state index contributed by atoms with van der Waals surface area (Å²) in [7, 11) is 0. The van der Waals surface area contributed by atoms with E-state index in [2.05, 4.69) is 0 Å². The van der Waals surface area contributed by atoms with Gasteiger partial charge in [-0.15, -0.1) is 0 Å². The van der Waals surface area contributed by atoms with Crippen LogP contribution in [0.1, 0.15) is 30.5 Å². The summed E-state index contributed by atoms with van der Waals surface area (Å²) in [5, 5.41) is 27.3.